The van der Waals surface area contributed by atoms with Gasteiger partial charge in [0.25, 0.3) is 0 Å². The summed E-state index contributed by atoms with van der Waals surface area (Å²) < 4.78 is 6.31. The average molecular weight is 415 g/mol. The second-order valence-corrected chi connectivity index (χ2v) is 8.44. The van der Waals surface area contributed by atoms with E-state index in [9.17, 15) is 0 Å². The van der Waals surface area contributed by atoms with Gasteiger partial charge in [-0.1, -0.05) is 54.4 Å². The van der Waals surface area contributed by atoms with E-state index in [-0.39, 0.29) is 0 Å². The molecule has 5 heteroatoms. The number of hydrogen-bond acceptors (Lipinski definition) is 5. The molecular weight excluding hydrogens is 360 g/mol. The Labute approximate surface area is 183 Å². The van der Waals surface area contributed by atoms with E-state index in [2.05, 4.69) is 75.2 Å². The molecule has 0 aliphatic rings. The van der Waals surface area contributed by atoms with E-state index >= 15 is 0 Å². The Bertz CT molecular complexity index is 316. The lowest BCUT2D eigenvalue weighted by molar-refractivity contribution is 0.0251. The molecule has 2 atom stereocenters. The Morgan fingerprint density at radius 3 is 1.17 bits per heavy atom. The highest BCUT2D eigenvalue weighted by Crippen LogP contribution is 2.10. The van der Waals surface area contributed by atoms with Gasteiger partial charge in [0.15, 0.2) is 0 Å². The molecule has 0 bridgehead atoms. The average Bonchev–Trinajstić information content (AvgIpc) is 2.73. The van der Waals surface area contributed by atoms with Crippen molar-refractivity contribution in [1.29, 1.82) is 0 Å². The molecule has 5 nitrogen and oxygen atoms in total. The Morgan fingerprint density at radius 1 is 0.552 bits per heavy atom. The third-order valence-corrected chi connectivity index (χ3v) is 6.44. The van der Waals surface area contributed by atoms with Gasteiger partial charge in [-0.25, -0.2) is 0 Å². The number of ether oxygens (including phenoxy) is 1. The molecule has 176 valence electrons. The summed E-state index contributed by atoms with van der Waals surface area (Å²) in [5.41, 5.74) is 0. The molecule has 2 unspecified atom stereocenters. The molecule has 0 aliphatic heterocycles. The summed E-state index contributed by atoms with van der Waals surface area (Å²) in [6.07, 6.45) is 4.85. The van der Waals surface area contributed by atoms with Gasteiger partial charge in [-0.15, -0.1) is 0 Å². The first-order chi connectivity index (χ1) is 14.0. The van der Waals surface area contributed by atoms with E-state index in [0.717, 1.165) is 65.6 Å². The van der Waals surface area contributed by atoms with Crippen molar-refractivity contribution < 1.29 is 4.74 Å². The summed E-state index contributed by atoms with van der Waals surface area (Å²) in [4.78, 5) is 10.0. The van der Waals surface area contributed by atoms with Crippen LogP contribution < -0.4 is 0 Å². The molecule has 29 heavy (non-hydrogen) atoms. The lowest BCUT2D eigenvalue weighted by atomic mass is 10.1. The van der Waals surface area contributed by atoms with Crippen LogP contribution in [0.1, 0.15) is 67.2 Å². The SMILES string of the molecule is CCCC(COCC(CCC)N(C)CCN(CC)CC)N(C)CCN(CC)CC. The predicted molar refractivity (Wildman–Crippen MR) is 129 cm³/mol. The van der Waals surface area contributed by atoms with Crippen LogP contribution in [-0.2, 0) is 4.74 Å². The van der Waals surface area contributed by atoms with Crippen LogP contribution in [0.15, 0.2) is 0 Å². The molecule has 0 rings (SSSR count). The van der Waals surface area contributed by atoms with Crippen molar-refractivity contribution in [2.45, 2.75) is 79.3 Å². The monoisotopic (exact) mass is 414 g/mol. The Morgan fingerprint density at radius 2 is 0.897 bits per heavy atom. The van der Waals surface area contributed by atoms with Crippen molar-refractivity contribution in [3.8, 4) is 0 Å². The smallest absolute Gasteiger partial charge is 0.0622 e. The third-order valence-electron chi connectivity index (χ3n) is 6.44. The van der Waals surface area contributed by atoms with E-state index < -0.39 is 0 Å². The van der Waals surface area contributed by atoms with Crippen molar-refractivity contribution in [2.75, 3.05) is 79.7 Å². The first-order valence-electron chi connectivity index (χ1n) is 12.4. The maximum absolute atomic E-state index is 6.31. The number of hydrogen-bond donors (Lipinski definition) is 0. The lowest BCUT2D eigenvalue weighted by Crippen LogP contribution is -2.43. The zero-order valence-corrected chi connectivity index (χ0v) is 21.3. The van der Waals surface area contributed by atoms with Crippen LogP contribution >= 0.6 is 0 Å². The van der Waals surface area contributed by atoms with Crippen molar-refractivity contribution in [2.24, 2.45) is 0 Å². The summed E-state index contributed by atoms with van der Waals surface area (Å²) in [6.45, 7) is 24.4. The fraction of sp³-hybridized carbons (Fsp3) is 1.00. The van der Waals surface area contributed by atoms with Gasteiger partial charge in [-0.2, -0.15) is 0 Å². The zero-order chi connectivity index (χ0) is 22.1. The zero-order valence-electron chi connectivity index (χ0n) is 21.3. The normalized spacial score (nSPS) is 14.5. The highest BCUT2D eigenvalue weighted by molar-refractivity contribution is 4.73. The number of rotatable bonds is 20. The molecule has 0 radical (unpaired) electrons. The van der Waals surface area contributed by atoms with Gasteiger partial charge < -0.3 is 14.5 Å². The van der Waals surface area contributed by atoms with Gasteiger partial charge >= 0.3 is 0 Å². The molecule has 0 aromatic carbocycles. The molecule has 0 saturated carbocycles. The van der Waals surface area contributed by atoms with Gasteiger partial charge in [0.2, 0.25) is 0 Å². The molecule has 0 saturated heterocycles. The molecule has 0 aromatic rings. The second kappa shape index (κ2) is 18.6. The fourth-order valence-electron chi connectivity index (χ4n) is 3.91. The van der Waals surface area contributed by atoms with Crippen LogP contribution in [-0.4, -0.2) is 111 Å². The van der Waals surface area contributed by atoms with E-state index in [1.807, 2.05) is 0 Å². The van der Waals surface area contributed by atoms with Gasteiger partial charge in [0, 0.05) is 38.3 Å². The highest BCUT2D eigenvalue weighted by Gasteiger charge is 2.18. The van der Waals surface area contributed by atoms with Crippen molar-refractivity contribution >= 4 is 0 Å². The maximum Gasteiger partial charge on any atom is 0.0622 e. The standard InChI is InChI=1S/C24H54N4O/c1-9-15-23(25(7)17-19-27(11-3)12-4)21-29-22-24(16-10-2)26(8)18-20-28(13-5)14-6/h23-24H,9-22H2,1-8H3. The topological polar surface area (TPSA) is 22.2 Å². The first kappa shape index (κ1) is 28.8. The Hall–Kier alpha value is -0.200. The highest BCUT2D eigenvalue weighted by atomic mass is 16.5. The molecule has 0 aliphatic carbocycles. The summed E-state index contributed by atoms with van der Waals surface area (Å²) in [7, 11) is 4.54. The summed E-state index contributed by atoms with van der Waals surface area (Å²) >= 11 is 0. The van der Waals surface area contributed by atoms with Crippen molar-refractivity contribution in [3.63, 3.8) is 0 Å². The lowest BCUT2D eigenvalue weighted by Gasteiger charge is -2.32. The van der Waals surface area contributed by atoms with Crippen molar-refractivity contribution in [1.82, 2.24) is 19.6 Å². The third kappa shape index (κ3) is 13.0. The molecule has 0 amide bonds. The van der Waals surface area contributed by atoms with E-state index in [1.165, 1.54) is 25.7 Å². The van der Waals surface area contributed by atoms with Crippen LogP contribution in [0.4, 0.5) is 0 Å². The number of nitrogens with zero attached hydrogens (tertiary/aromatic N) is 4. The van der Waals surface area contributed by atoms with Crippen LogP contribution in [0, 0.1) is 0 Å². The maximum atomic E-state index is 6.31. The molecule has 0 aromatic heterocycles. The van der Waals surface area contributed by atoms with Crippen LogP contribution in [0.25, 0.3) is 0 Å². The van der Waals surface area contributed by atoms with Gasteiger partial charge in [-0.05, 0) is 53.1 Å². The predicted octanol–water partition coefficient (Wildman–Crippen LogP) is 3.89. The largest absolute Gasteiger partial charge is 0.378 e. The quantitative estimate of drug-likeness (QED) is 0.301. The van der Waals surface area contributed by atoms with Crippen LogP contribution in [0.3, 0.4) is 0 Å². The molecular formula is C24H54N4O. The molecule has 0 N–H and O–H groups in total. The summed E-state index contributed by atoms with van der Waals surface area (Å²) in [6, 6.07) is 1.05. The minimum absolute atomic E-state index is 0.527. The molecule has 0 fully saturated rings. The Balaban J connectivity index is 4.52. The van der Waals surface area contributed by atoms with E-state index in [4.69, 9.17) is 4.74 Å². The van der Waals surface area contributed by atoms with Crippen LogP contribution in [0.2, 0.25) is 0 Å². The summed E-state index contributed by atoms with van der Waals surface area (Å²) in [5.74, 6) is 0. The minimum Gasteiger partial charge on any atom is -0.378 e. The summed E-state index contributed by atoms with van der Waals surface area (Å²) in [5, 5.41) is 0. The van der Waals surface area contributed by atoms with E-state index in [1.54, 1.807) is 0 Å². The molecule has 0 heterocycles. The van der Waals surface area contributed by atoms with E-state index in [0.29, 0.717) is 12.1 Å². The number of likely N-dealkylation sites (N-methyl/N-ethyl adjacent to an activating group) is 4. The molecule has 0 spiro atoms. The first-order valence-corrected chi connectivity index (χ1v) is 12.4. The fourth-order valence-corrected chi connectivity index (χ4v) is 3.91. The van der Waals surface area contributed by atoms with Crippen molar-refractivity contribution in [3.05, 3.63) is 0 Å². The second-order valence-electron chi connectivity index (χ2n) is 8.44. The minimum atomic E-state index is 0.527. The van der Waals surface area contributed by atoms with Gasteiger partial charge in [0.05, 0.1) is 13.2 Å². The Kier molecular flexibility index (Phi) is 18.4. The van der Waals surface area contributed by atoms with Gasteiger partial charge in [-0.3, -0.25) is 9.80 Å². The van der Waals surface area contributed by atoms with Gasteiger partial charge in [0.1, 0.15) is 0 Å². The van der Waals surface area contributed by atoms with Crippen LogP contribution in [0.5, 0.6) is 0 Å².